The lowest BCUT2D eigenvalue weighted by Gasteiger charge is -2.57. The van der Waals surface area contributed by atoms with Gasteiger partial charge in [-0.3, -0.25) is 18.9 Å². The second-order valence-corrected chi connectivity index (χ2v) is 12.3. The lowest BCUT2D eigenvalue weighted by molar-refractivity contribution is -0.150. The summed E-state index contributed by atoms with van der Waals surface area (Å²) in [5, 5.41) is 21.0. The van der Waals surface area contributed by atoms with Crippen molar-refractivity contribution in [3.8, 4) is 0 Å². The number of rotatable bonds is 6. The van der Waals surface area contributed by atoms with Gasteiger partial charge in [-0.25, -0.2) is 0 Å². The molecule has 4 aliphatic rings. The molecule has 0 spiro atoms. The number of Topliss-reactive ketones (excluding diaryl/α,β-unsaturated/α-hetero) is 1. The van der Waals surface area contributed by atoms with Crippen LogP contribution in [0.15, 0.2) is 23.2 Å². The number of hydrogen-bond donors (Lipinski definition) is 3. The maximum atomic E-state index is 13.0. The molecule has 0 heterocycles. The van der Waals surface area contributed by atoms with Gasteiger partial charge in [-0.15, -0.1) is 0 Å². The Hall–Kier alpha value is -2.20. The molecule has 4 aliphatic carbocycles. The first-order chi connectivity index (χ1) is 15.8. The summed E-state index contributed by atoms with van der Waals surface area (Å²) in [5.41, 5.74) is -0.213. The molecule has 0 aromatic heterocycles. The van der Waals surface area contributed by atoms with Gasteiger partial charge in [-0.2, -0.15) is 8.42 Å². The van der Waals surface area contributed by atoms with Gasteiger partial charge in [0.1, 0.15) is 12.4 Å². The third-order valence-electron chi connectivity index (χ3n) is 9.18. The van der Waals surface area contributed by atoms with Crippen LogP contribution < -0.4 is 0 Å². The number of aliphatic hydroxyl groups is 2. The molecular weight excluding hydrogens is 464 g/mol. The summed E-state index contributed by atoms with van der Waals surface area (Å²) in [6.45, 7) is 3.59. The molecule has 3 saturated carbocycles. The van der Waals surface area contributed by atoms with E-state index in [9.17, 15) is 33.0 Å². The molecule has 3 fully saturated rings. The quantitative estimate of drug-likeness (QED) is 0.371. The molecule has 0 saturated heterocycles. The summed E-state index contributed by atoms with van der Waals surface area (Å²) in [7, 11) is -4.28. The van der Waals surface area contributed by atoms with Crippen molar-refractivity contribution in [2.75, 3.05) is 12.4 Å². The topological polar surface area (TPSA) is 155 Å². The van der Waals surface area contributed by atoms with Gasteiger partial charge in [0.05, 0.1) is 17.6 Å². The maximum Gasteiger partial charge on any atom is 0.307 e. The zero-order valence-electron chi connectivity index (χ0n) is 19.5. The molecule has 6 atom stereocenters. The first-order valence-electron chi connectivity index (χ1n) is 11.8. The number of ether oxygens (including phenoxy) is 1. The van der Waals surface area contributed by atoms with Gasteiger partial charge in [0.2, 0.25) is 11.5 Å². The van der Waals surface area contributed by atoms with E-state index in [4.69, 9.17) is 9.29 Å². The number of ketones is 2. The molecule has 0 amide bonds. The number of hydrogen-bond acceptors (Lipinski definition) is 8. The number of esters is 1. The fraction of sp³-hybridized carbons (Fsp3) is 0.708. The van der Waals surface area contributed by atoms with E-state index in [1.807, 2.05) is 6.92 Å². The fourth-order valence-corrected chi connectivity index (χ4v) is 7.86. The number of carbonyl (C=O) groups is 3. The molecule has 4 rings (SSSR count). The molecule has 0 bridgehead atoms. The van der Waals surface area contributed by atoms with Crippen LogP contribution in [0.1, 0.15) is 58.8 Å². The minimum Gasteiger partial charge on any atom is -0.507 e. The van der Waals surface area contributed by atoms with Crippen LogP contribution in [0, 0.1) is 34.5 Å². The SMILES string of the molecule is C[C@@]12C(=CC(=O)C(O)=C1O)CC[C@@H]1[C@@H]2CC[C@]2(C)[C@@H](C(=O)COC(=O)CCS(=O)(=O)O)CC[C@@H]12. The Morgan fingerprint density at radius 3 is 2.50 bits per heavy atom. The van der Waals surface area contributed by atoms with E-state index in [1.165, 1.54) is 6.08 Å². The molecule has 0 radical (unpaired) electrons. The van der Waals surface area contributed by atoms with Crippen molar-refractivity contribution in [2.45, 2.75) is 58.8 Å². The van der Waals surface area contributed by atoms with Crippen LogP contribution in [0.25, 0.3) is 0 Å². The molecule has 34 heavy (non-hydrogen) atoms. The van der Waals surface area contributed by atoms with E-state index in [2.05, 4.69) is 6.92 Å². The zero-order valence-corrected chi connectivity index (χ0v) is 20.3. The number of fused-ring (bicyclic) bond motifs is 5. The van der Waals surface area contributed by atoms with Crippen LogP contribution >= 0.6 is 0 Å². The molecule has 3 N–H and O–H groups in total. The third kappa shape index (κ3) is 3.98. The van der Waals surface area contributed by atoms with Gasteiger partial charge in [0.25, 0.3) is 10.1 Å². The molecular formula is C24H32O9S. The van der Waals surface area contributed by atoms with Crippen molar-refractivity contribution in [1.82, 2.24) is 0 Å². The van der Waals surface area contributed by atoms with Crippen LogP contribution in [-0.4, -0.2) is 53.1 Å². The predicted octanol–water partition coefficient (Wildman–Crippen LogP) is 3.07. The molecule has 188 valence electrons. The molecule has 0 aromatic carbocycles. The van der Waals surface area contributed by atoms with Gasteiger partial charge in [0.15, 0.2) is 5.78 Å². The maximum absolute atomic E-state index is 13.0. The van der Waals surface area contributed by atoms with Gasteiger partial charge in [-0.1, -0.05) is 12.5 Å². The highest BCUT2D eigenvalue weighted by Gasteiger charge is 2.61. The average molecular weight is 497 g/mol. The zero-order chi connectivity index (χ0) is 25.1. The predicted molar refractivity (Wildman–Crippen MR) is 120 cm³/mol. The minimum absolute atomic E-state index is 0.0490. The Balaban J connectivity index is 1.47. The minimum atomic E-state index is -4.28. The van der Waals surface area contributed by atoms with Crippen LogP contribution in [0.3, 0.4) is 0 Å². The summed E-state index contributed by atoms with van der Waals surface area (Å²) < 4.78 is 35.3. The number of allylic oxidation sites excluding steroid dienone is 2. The lowest BCUT2D eigenvalue weighted by atomic mass is 9.47. The van der Waals surface area contributed by atoms with Crippen molar-refractivity contribution in [2.24, 2.45) is 34.5 Å². The number of carbonyl (C=O) groups excluding carboxylic acids is 3. The Morgan fingerprint density at radius 1 is 1.12 bits per heavy atom. The Kier molecular flexibility index (Phi) is 6.21. The highest BCUT2D eigenvalue weighted by Crippen LogP contribution is 2.67. The van der Waals surface area contributed by atoms with E-state index in [0.29, 0.717) is 12.8 Å². The van der Waals surface area contributed by atoms with Gasteiger partial charge >= 0.3 is 5.97 Å². The highest BCUT2D eigenvalue weighted by molar-refractivity contribution is 7.85. The largest absolute Gasteiger partial charge is 0.507 e. The van der Waals surface area contributed by atoms with Crippen molar-refractivity contribution in [3.05, 3.63) is 23.2 Å². The van der Waals surface area contributed by atoms with Crippen LogP contribution in [0.2, 0.25) is 0 Å². The second kappa shape index (κ2) is 8.48. The molecule has 0 unspecified atom stereocenters. The Labute approximate surface area is 199 Å². The lowest BCUT2D eigenvalue weighted by Crippen LogP contribution is -2.52. The van der Waals surface area contributed by atoms with Gasteiger partial charge in [0, 0.05) is 5.92 Å². The van der Waals surface area contributed by atoms with Crippen LogP contribution in [0.5, 0.6) is 0 Å². The van der Waals surface area contributed by atoms with Gasteiger partial charge < -0.3 is 14.9 Å². The highest BCUT2D eigenvalue weighted by atomic mass is 32.2. The summed E-state index contributed by atoms with van der Waals surface area (Å²) in [4.78, 5) is 36.9. The summed E-state index contributed by atoms with van der Waals surface area (Å²) in [6, 6.07) is 0. The van der Waals surface area contributed by atoms with Gasteiger partial charge in [-0.05, 0) is 74.7 Å². The van der Waals surface area contributed by atoms with E-state index in [0.717, 1.165) is 31.3 Å². The summed E-state index contributed by atoms with van der Waals surface area (Å²) in [5.74, 6) is -2.94. The molecule has 0 aliphatic heterocycles. The van der Waals surface area contributed by atoms with Crippen molar-refractivity contribution >= 4 is 27.7 Å². The van der Waals surface area contributed by atoms with Crippen molar-refractivity contribution in [3.63, 3.8) is 0 Å². The smallest absolute Gasteiger partial charge is 0.307 e. The van der Waals surface area contributed by atoms with E-state index in [1.54, 1.807) is 0 Å². The standard InChI is InChI=1S/C24H32O9S/c1-23-9-7-16-14(4-3-13-11-18(25)21(28)22(29)24(13,16)2)15(23)5-6-17(23)19(26)12-33-20(27)8-10-34(30,31)32/h11,14-17,28-29H,3-10,12H2,1-2H3,(H,30,31,32)/t14-,15-,16-,17+,23-,24-/m0/s1. The third-order valence-corrected chi connectivity index (χ3v) is 9.90. The van der Waals surface area contributed by atoms with E-state index in [-0.39, 0.29) is 40.6 Å². The van der Waals surface area contributed by atoms with Crippen molar-refractivity contribution in [1.29, 1.82) is 0 Å². The van der Waals surface area contributed by atoms with E-state index < -0.39 is 51.8 Å². The Morgan fingerprint density at radius 2 is 1.82 bits per heavy atom. The summed E-state index contributed by atoms with van der Waals surface area (Å²) >= 11 is 0. The molecule has 0 aromatic rings. The molecule has 10 heteroatoms. The monoisotopic (exact) mass is 496 g/mol. The van der Waals surface area contributed by atoms with E-state index >= 15 is 0 Å². The first-order valence-corrected chi connectivity index (χ1v) is 13.4. The first kappa shape index (κ1) is 24.9. The fourth-order valence-electron chi connectivity index (χ4n) is 7.43. The average Bonchev–Trinajstić information content (AvgIpc) is 3.12. The summed E-state index contributed by atoms with van der Waals surface area (Å²) in [6.07, 6.45) is 5.41. The Bertz CT molecular complexity index is 1090. The molecule has 9 nitrogen and oxygen atoms in total. The van der Waals surface area contributed by atoms with Crippen molar-refractivity contribution < 1.29 is 42.3 Å². The second-order valence-electron chi connectivity index (χ2n) is 10.7. The van der Waals surface area contributed by atoms with Crippen LogP contribution in [0.4, 0.5) is 0 Å². The normalized spacial score (nSPS) is 37.4. The number of aliphatic hydroxyl groups excluding tert-OH is 2. The van der Waals surface area contributed by atoms with Crippen LogP contribution in [-0.2, 0) is 29.2 Å².